The third kappa shape index (κ3) is 46.1. The number of phosphoric ester groups is 1. The van der Waals surface area contributed by atoms with Gasteiger partial charge in [-0.15, -0.1) is 0 Å². The summed E-state index contributed by atoms with van der Waals surface area (Å²) in [5.41, 5.74) is 0. The van der Waals surface area contributed by atoms with E-state index in [4.69, 9.17) is 18.5 Å². The lowest BCUT2D eigenvalue weighted by molar-refractivity contribution is -0.870. The Morgan fingerprint density at radius 2 is 0.864 bits per heavy atom. The van der Waals surface area contributed by atoms with Crippen LogP contribution in [0.5, 0.6) is 0 Å². The molecule has 0 aliphatic rings. The van der Waals surface area contributed by atoms with Crippen LogP contribution in [-0.4, -0.2) is 70.0 Å². The zero-order valence-corrected chi connectivity index (χ0v) is 40.4. The van der Waals surface area contributed by atoms with E-state index in [1.165, 1.54) is 167 Å². The van der Waals surface area contributed by atoms with Gasteiger partial charge < -0.3 is 27.9 Å². The lowest BCUT2D eigenvalue weighted by atomic mass is 10.0. The molecular weight excluding hydrogens is 762 g/mol. The Morgan fingerprint density at radius 3 is 1.25 bits per heavy atom. The van der Waals surface area contributed by atoms with Gasteiger partial charge in [-0.05, 0) is 38.5 Å². The van der Waals surface area contributed by atoms with Crippen LogP contribution in [0.1, 0.15) is 239 Å². The molecule has 0 spiro atoms. The van der Waals surface area contributed by atoms with Gasteiger partial charge >= 0.3 is 11.9 Å². The van der Waals surface area contributed by atoms with Crippen LogP contribution >= 0.6 is 7.82 Å². The molecule has 0 amide bonds. The molecule has 0 bridgehead atoms. The van der Waals surface area contributed by atoms with Crippen molar-refractivity contribution in [2.45, 2.75) is 245 Å². The maximum absolute atomic E-state index is 12.7. The topological polar surface area (TPSA) is 111 Å². The Labute approximate surface area is 365 Å². The van der Waals surface area contributed by atoms with Gasteiger partial charge in [0, 0.05) is 12.8 Å². The van der Waals surface area contributed by atoms with Crippen molar-refractivity contribution in [1.29, 1.82) is 0 Å². The zero-order chi connectivity index (χ0) is 43.6. The van der Waals surface area contributed by atoms with Crippen molar-refractivity contribution in [3.63, 3.8) is 0 Å². The number of rotatable bonds is 46. The van der Waals surface area contributed by atoms with Crippen molar-refractivity contribution in [1.82, 2.24) is 0 Å². The van der Waals surface area contributed by atoms with Crippen molar-refractivity contribution < 1.29 is 42.1 Å². The predicted molar refractivity (Wildman–Crippen MR) is 245 cm³/mol. The maximum atomic E-state index is 12.7. The molecule has 2 atom stereocenters. The molecule has 0 heterocycles. The highest BCUT2D eigenvalue weighted by molar-refractivity contribution is 7.45. The van der Waals surface area contributed by atoms with Crippen LogP contribution < -0.4 is 4.89 Å². The van der Waals surface area contributed by atoms with Crippen LogP contribution in [-0.2, 0) is 32.7 Å². The highest BCUT2D eigenvalue weighted by atomic mass is 31.2. The van der Waals surface area contributed by atoms with Gasteiger partial charge in [0.25, 0.3) is 7.82 Å². The second-order valence-corrected chi connectivity index (χ2v) is 19.6. The predicted octanol–water partition coefficient (Wildman–Crippen LogP) is 13.9. The Hall–Kier alpha value is -1.25. The number of esters is 2. The van der Waals surface area contributed by atoms with Crippen molar-refractivity contribution >= 4 is 19.8 Å². The Kier molecular flexibility index (Phi) is 41.2. The third-order valence-corrected chi connectivity index (χ3v) is 12.0. The van der Waals surface area contributed by atoms with Gasteiger partial charge in [-0.2, -0.15) is 0 Å². The normalized spacial score (nSPS) is 13.5. The summed E-state index contributed by atoms with van der Waals surface area (Å²) in [5.74, 6) is -0.823. The van der Waals surface area contributed by atoms with Crippen molar-refractivity contribution in [3.8, 4) is 0 Å². The highest BCUT2D eigenvalue weighted by Gasteiger charge is 2.21. The third-order valence-electron chi connectivity index (χ3n) is 11.0. The first kappa shape index (κ1) is 57.8. The number of nitrogens with zero attached hydrogens (tertiary/aromatic N) is 1. The molecular formula is C49H96NO8P. The Balaban J connectivity index is 4.18. The van der Waals surface area contributed by atoms with E-state index in [0.29, 0.717) is 17.4 Å². The van der Waals surface area contributed by atoms with E-state index in [9.17, 15) is 19.0 Å². The number of carbonyl (C=O) groups excluding carboxylic acids is 2. The van der Waals surface area contributed by atoms with Crippen LogP contribution in [0.2, 0.25) is 0 Å². The van der Waals surface area contributed by atoms with Crippen molar-refractivity contribution in [2.75, 3.05) is 47.5 Å². The quantitative estimate of drug-likeness (QED) is 0.0196. The van der Waals surface area contributed by atoms with Gasteiger partial charge in [0.15, 0.2) is 6.10 Å². The average molecular weight is 858 g/mol. The van der Waals surface area contributed by atoms with Gasteiger partial charge in [0.1, 0.15) is 19.8 Å². The summed E-state index contributed by atoms with van der Waals surface area (Å²) in [4.78, 5) is 37.6. The molecule has 0 aliphatic heterocycles. The van der Waals surface area contributed by atoms with E-state index in [0.717, 1.165) is 38.5 Å². The summed E-state index contributed by atoms with van der Waals surface area (Å²) in [6, 6.07) is 0. The first-order valence-corrected chi connectivity index (χ1v) is 26.4. The van der Waals surface area contributed by atoms with Crippen molar-refractivity contribution in [3.05, 3.63) is 12.2 Å². The van der Waals surface area contributed by atoms with Crippen LogP contribution in [0.15, 0.2) is 12.2 Å². The number of unbranched alkanes of at least 4 members (excludes halogenated alkanes) is 30. The fourth-order valence-corrected chi connectivity index (χ4v) is 7.85. The molecule has 0 aromatic heterocycles. The van der Waals surface area contributed by atoms with E-state index in [1.807, 2.05) is 21.1 Å². The van der Waals surface area contributed by atoms with Crippen LogP contribution in [0.4, 0.5) is 0 Å². The molecule has 9 nitrogen and oxygen atoms in total. The first-order chi connectivity index (χ1) is 28.5. The highest BCUT2D eigenvalue weighted by Crippen LogP contribution is 2.38. The lowest BCUT2D eigenvalue weighted by Gasteiger charge is -2.28. The summed E-state index contributed by atoms with van der Waals surface area (Å²) in [7, 11) is 1.18. The molecule has 0 aliphatic carbocycles. The van der Waals surface area contributed by atoms with Gasteiger partial charge in [0.2, 0.25) is 0 Å². The van der Waals surface area contributed by atoms with E-state index < -0.39 is 26.5 Å². The summed E-state index contributed by atoms with van der Waals surface area (Å²) in [6.45, 7) is 4.26. The first-order valence-electron chi connectivity index (χ1n) is 24.9. The summed E-state index contributed by atoms with van der Waals surface area (Å²) >= 11 is 0. The van der Waals surface area contributed by atoms with E-state index in [2.05, 4.69) is 26.0 Å². The van der Waals surface area contributed by atoms with Crippen LogP contribution in [0, 0.1) is 0 Å². The van der Waals surface area contributed by atoms with Gasteiger partial charge in [-0.1, -0.05) is 199 Å². The molecule has 0 saturated heterocycles. The minimum absolute atomic E-state index is 0.0275. The lowest BCUT2D eigenvalue weighted by Crippen LogP contribution is -2.37. The summed E-state index contributed by atoms with van der Waals surface area (Å²) < 4.78 is 34.0. The fraction of sp³-hybridized carbons (Fsp3) is 0.918. The number of ether oxygens (including phenoxy) is 2. The largest absolute Gasteiger partial charge is 0.756 e. The van der Waals surface area contributed by atoms with Gasteiger partial charge in [0.05, 0.1) is 27.7 Å². The number of phosphoric acid groups is 1. The molecule has 0 radical (unpaired) electrons. The molecule has 0 rings (SSSR count). The minimum Gasteiger partial charge on any atom is -0.756 e. The monoisotopic (exact) mass is 858 g/mol. The SMILES string of the molecule is CCCCCCCCCC/C=C\CCCCCCCCCCCCCC(=O)OC(COC(=O)CCCCCCCCCCCCCC)COP(=O)([O-])OCC[N+](C)(C)C. The zero-order valence-electron chi connectivity index (χ0n) is 39.5. The van der Waals surface area contributed by atoms with Crippen LogP contribution in [0.3, 0.4) is 0 Å². The number of hydrogen-bond acceptors (Lipinski definition) is 8. The molecule has 59 heavy (non-hydrogen) atoms. The average Bonchev–Trinajstić information content (AvgIpc) is 3.19. The van der Waals surface area contributed by atoms with Crippen LogP contribution in [0.25, 0.3) is 0 Å². The molecule has 0 aromatic carbocycles. The maximum Gasteiger partial charge on any atom is 0.306 e. The molecule has 0 fully saturated rings. The smallest absolute Gasteiger partial charge is 0.306 e. The molecule has 0 saturated carbocycles. The summed E-state index contributed by atoms with van der Waals surface area (Å²) in [6.07, 6.45) is 45.3. The summed E-state index contributed by atoms with van der Waals surface area (Å²) in [5, 5.41) is 0. The standard InChI is InChI=1S/C49H96NO8P/c1-6-8-10-12-14-16-18-20-21-22-23-24-25-26-27-28-29-30-32-34-36-38-40-42-49(52)58-47(46-57-59(53,54)56-44-43-50(3,4)5)45-55-48(51)41-39-37-35-33-31-19-17-15-13-11-9-7-2/h22-23,47H,6-21,24-46H2,1-5H3/b23-22-. The van der Waals surface area contributed by atoms with Crippen molar-refractivity contribution in [2.24, 2.45) is 0 Å². The Bertz CT molecular complexity index is 1020. The van der Waals surface area contributed by atoms with E-state index >= 15 is 0 Å². The second kappa shape index (κ2) is 42.1. The van der Waals surface area contributed by atoms with E-state index in [-0.39, 0.29) is 32.0 Å². The molecule has 2 unspecified atom stereocenters. The molecule has 0 aromatic rings. The molecule has 10 heteroatoms. The number of allylic oxidation sites excluding steroid dienone is 2. The molecule has 0 N–H and O–H groups in total. The van der Waals surface area contributed by atoms with E-state index in [1.54, 1.807) is 0 Å². The number of likely N-dealkylation sites (N-methyl/N-ethyl adjacent to an activating group) is 1. The number of quaternary nitrogens is 1. The number of carbonyl (C=O) groups is 2. The van der Waals surface area contributed by atoms with Gasteiger partial charge in [-0.25, -0.2) is 0 Å². The number of hydrogen-bond donors (Lipinski definition) is 0. The minimum atomic E-state index is -4.62. The fourth-order valence-electron chi connectivity index (χ4n) is 7.12. The van der Waals surface area contributed by atoms with Gasteiger partial charge in [-0.3, -0.25) is 14.2 Å². The Morgan fingerprint density at radius 1 is 0.508 bits per heavy atom. The molecule has 350 valence electrons. The second-order valence-electron chi connectivity index (χ2n) is 18.2.